The molecule has 3 aromatic carbocycles. The molecule has 0 saturated carbocycles. The third kappa shape index (κ3) is 10.4. The Hall–Kier alpha value is -3.26. The number of carbonyl (C=O) groups excluding carboxylic acids is 1. The molecule has 0 radical (unpaired) electrons. The van der Waals surface area contributed by atoms with Crippen molar-refractivity contribution in [3.8, 4) is 11.5 Å². The highest BCUT2D eigenvalue weighted by Crippen LogP contribution is 2.28. The lowest BCUT2D eigenvalue weighted by Crippen LogP contribution is -2.37. The SMILES string of the molecule is CCOC(Cc1ccc(OCCN(CCCCc2ccccc2)C(=O)Oc2ccc(Cl)cc2Cl)cc1)C(=O)O. The molecule has 0 saturated heterocycles. The predicted molar refractivity (Wildman–Crippen MR) is 152 cm³/mol. The predicted octanol–water partition coefficient (Wildman–Crippen LogP) is 6.93. The molecule has 9 heteroatoms. The molecule has 39 heavy (non-hydrogen) atoms. The minimum atomic E-state index is -0.993. The number of carbonyl (C=O) groups is 2. The molecule has 1 N–H and O–H groups in total. The van der Waals surface area contributed by atoms with Crippen molar-refractivity contribution in [2.24, 2.45) is 0 Å². The fourth-order valence-corrected chi connectivity index (χ4v) is 4.36. The summed E-state index contributed by atoms with van der Waals surface area (Å²) in [5.41, 5.74) is 2.08. The first-order valence-electron chi connectivity index (χ1n) is 12.9. The summed E-state index contributed by atoms with van der Waals surface area (Å²) >= 11 is 12.1. The van der Waals surface area contributed by atoms with E-state index in [2.05, 4.69) is 12.1 Å². The van der Waals surface area contributed by atoms with Crippen LogP contribution in [0.15, 0.2) is 72.8 Å². The third-order valence-corrected chi connectivity index (χ3v) is 6.48. The Balaban J connectivity index is 1.56. The van der Waals surface area contributed by atoms with Gasteiger partial charge in [0.2, 0.25) is 0 Å². The molecule has 0 aromatic heterocycles. The van der Waals surface area contributed by atoms with Gasteiger partial charge in [0.05, 0.1) is 11.6 Å². The van der Waals surface area contributed by atoms with Crippen molar-refractivity contribution < 1.29 is 28.9 Å². The quantitative estimate of drug-likeness (QED) is 0.198. The van der Waals surface area contributed by atoms with Crippen molar-refractivity contribution >= 4 is 35.3 Å². The summed E-state index contributed by atoms with van der Waals surface area (Å²) in [6.45, 7) is 3.14. The van der Waals surface area contributed by atoms with Crippen LogP contribution in [-0.4, -0.2) is 54.5 Å². The first-order chi connectivity index (χ1) is 18.9. The topological polar surface area (TPSA) is 85.3 Å². The van der Waals surface area contributed by atoms with Gasteiger partial charge in [0, 0.05) is 24.6 Å². The van der Waals surface area contributed by atoms with Crippen LogP contribution in [0.25, 0.3) is 0 Å². The summed E-state index contributed by atoms with van der Waals surface area (Å²) in [5.74, 6) is -0.142. The molecule has 0 heterocycles. The molecule has 1 atom stereocenters. The second-order valence-corrected chi connectivity index (χ2v) is 9.69. The number of hydrogen-bond donors (Lipinski definition) is 1. The van der Waals surface area contributed by atoms with E-state index in [1.807, 2.05) is 30.3 Å². The number of carboxylic acid groups (broad SMARTS) is 1. The van der Waals surface area contributed by atoms with Crippen LogP contribution >= 0.6 is 23.2 Å². The number of amides is 1. The Morgan fingerprint density at radius 2 is 1.67 bits per heavy atom. The van der Waals surface area contributed by atoms with E-state index >= 15 is 0 Å². The van der Waals surface area contributed by atoms with Crippen LogP contribution in [0.1, 0.15) is 30.9 Å². The number of halogens is 2. The van der Waals surface area contributed by atoms with Crippen molar-refractivity contribution in [1.29, 1.82) is 0 Å². The van der Waals surface area contributed by atoms with Crippen LogP contribution in [0.2, 0.25) is 10.0 Å². The second-order valence-electron chi connectivity index (χ2n) is 8.85. The smallest absolute Gasteiger partial charge is 0.415 e. The minimum Gasteiger partial charge on any atom is -0.492 e. The van der Waals surface area contributed by atoms with Gasteiger partial charge in [-0.3, -0.25) is 0 Å². The molecule has 1 unspecified atom stereocenters. The number of aliphatic carboxylic acids is 1. The lowest BCUT2D eigenvalue weighted by Gasteiger charge is -2.22. The Kier molecular flexibility index (Phi) is 12.4. The Bertz CT molecular complexity index is 1190. The molecule has 0 spiro atoms. The van der Waals surface area contributed by atoms with Gasteiger partial charge in [0.15, 0.2) is 11.9 Å². The van der Waals surface area contributed by atoms with Crippen LogP contribution < -0.4 is 9.47 Å². The highest BCUT2D eigenvalue weighted by molar-refractivity contribution is 6.35. The lowest BCUT2D eigenvalue weighted by molar-refractivity contribution is -0.149. The van der Waals surface area contributed by atoms with Crippen LogP contribution in [0.5, 0.6) is 11.5 Å². The van der Waals surface area contributed by atoms with E-state index in [0.717, 1.165) is 24.8 Å². The number of ether oxygens (including phenoxy) is 3. The average Bonchev–Trinajstić information content (AvgIpc) is 2.92. The van der Waals surface area contributed by atoms with Gasteiger partial charge in [0.1, 0.15) is 12.4 Å². The van der Waals surface area contributed by atoms with E-state index in [0.29, 0.717) is 30.5 Å². The standard InChI is InChI=1S/C30H33Cl2NO6/c1-2-37-28(29(34)35)20-23-11-14-25(15-12-23)38-19-18-33(17-7-6-10-22-8-4-3-5-9-22)30(36)39-27-16-13-24(31)21-26(27)32/h3-5,8-9,11-16,21,28H,2,6-7,10,17-20H2,1H3,(H,34,35). The number of unbranched alkanes of at least 4 members (excludes halogenated alkanes) is 1. The summed E-state index contributed by atoms with van der Waals surface area (Å²) in [7, 11) is 0. The molecule has 3 aromatic rings. The maximum atomic E-state index is 13.0. The van der Waals surface area contributed by atoms with Gasteiger partial charge >= 0.3 is 12.1 Å². The van der Waals surface area contributed by atoms with E-state index in [-0.39, 0.29) is 23.8 Å². The van der Waals surface area contributed by atoms with Gasteiger partial charge in [-0.1, -0.05) is 65.7 Å². The highest BCUT2D eigenvalue weighted by atomic mass is 35.5. The zero-order valence-electron chi connectivity index (χ0n) is 21.9. The Morgan fingerprint density at radius 1 is 0.923 bits per heavy atom. The fraction of sp³-hybridized carbons (Fsp3) is 0.333. The van der Waals surface area contributed by atoms with Crippen molar-refractivity contribution in [2.45, 2.75) is 38.7 Å². The first-order valence-corrected chi connectivity index (χ1v) is 13.6. The zero-order valence-corrected chi connectivity index (χ0v) is 23.4. The highest BCUT2D eigenvalue weighted by Gasteiger charge is 2.19. The summed E-state index contributed by atoms with van der Waals surface area (Å²) in [5, 5.41) is 9.99. The summed E-state index contributed by atoms with van der Waals surface area (Å²) in [6.07, 6.45) is 1.47. The molecule has 0 aliphatic heterocycles. The molecule has 7 nitrogen and oxygen atoms in total. The molecule has 0 aliphatic rings. The normalized spacial score (nSPS) is 11.6. The molecular formula is C30H33Cl2NO6. The fourth-order valence-electron chi connectivity index (χ4n) is 3.92. The molecule has 0 bridgehead atoms. The van der Waals surface area contributed by atoms with Gasteiger partial charge in [-0.25, -0.2) is 9.59 Å². The Labute approximate surface area is 239 Å². The molecule has 3 rings (SSSR count). The molecule has 1 amide bonds. The van der Waals surface area contributed by atoms with E-state index < -0.39 is 18.2 Å². The van der Waals surface area contributed by atoms with Crippen molar-refractivity contribution in [2.75, 3.05) is 26.3 Å². The second kappa shape index (κ2) is 16.0. The van der Waals surface area contributed by atoms with Crippen molar-refractivity contribution in [3.05, 3.63) is 94.0 Å². The van der Waals surface area contributed by atoms with E-state index in [1.165, 1.54) is 11.6 Å². The van der Waals surface area contributed by atoms with Crippen LogP contribution in [0.4, 0.5) is 4.79 Å². The maximum absolute atomic E-state index is 13.0. The van der Waals surface area contributed by atoms with E-state index in [1.54, 1.807) is 36.1 Å². The average molecular weight is 575 g/mol. The Morgan fingerprint density at radius 3 is 2.33 bits per heavy atom. The summed E-state index contributed by atoms with van der Waals surface area (Å²) in [4.78, 5) is 25.9. The number of hydrogen-bond acceptors (Lipinski definition) is 5. The minimum absolute atomic E-state index is 0.239. The van der Waals surface area contributed by atoms with E-state index in [9.17, 15) is 14.7 Å². The van der Waals surface area contributed by atoms with E-state index in [4.69, 9.17) is 37.4 Å². The molecule has 0 aliphatic carbocycles. The number of carboxylic acids is 1. The lowest BCUT2D eigenvalue weighted by atomic mass is 10.1. The van der Waals surface area contributed by atoms with Crippen LogP contribution in [-0.2, 0) is 22.4 Å². The summed E-state index contributed by atoms with van der Waals surface area (Å²) in [6, 6.07) is 22.1. The summed E-state index contributed by atoms with van der Waals surface area (Å²) < 4.78 is 16.7. The molecule has 208 valence electrons. The maximum Gasteiger partial charge on any atom is 0.415 e. The van der Waals surface area contributed by atoms with Crippen molar-refractivity contribution in [1.82, 2.24) is 4.90 Å². The van der Waals surface area contributed by atoms with Gasteiger partial charge in [-0.15, -0.1) is 0 Å². The van der Waals surface area contributed by atoms with Gasteiger partial charge < -0.3 is 24.2 Å². The van der Waals surface area contributed by atoms with Gasteiger partial charge in [-0.2, -0.15) is 0 Å². The van der Waals surface area contributed by atoms with Crippen molar-refractivity contribution in [3.63, 3.8) is 0 Å². The zero-order chi connectivity index (χ0) is 28.0. The monoisotopic (exact) mass is 573 g/mol. The molecular weight excluding hydrogens is 541 g/mol. The number of nitrogens with zero attached hydrogens (tertiary/aromatic N) is 1. The van der Waals surface area contributed by atoms with Gasteiger partial charge in [0.25, 0.3) is 0 Å². The van der Waals surface area contributed by atoms with Crippen LogP contribution in [0.3, 0.4) is 0 Å². The number of aryl methyl sites for hydroxylation is 1. The largest absolute Gasteiger partial charge is 0.492 e. The first kappa shape index (κ1) is 30.3. The van der Waals surface area contributed by atoms with Crippen LogP contribution in [0, 0.1) is 0 Å². The number of rotatable bonds is 15. The third-order valence-electron chi connectivity index (χ3n) is 5.95. The van der Waals surface area contributed by atoms with Gasteiger partial charge in [-0.05, 0) is 67.6 Å². The molecule has 0 fully saturated rings. The number of benzene rings is 3.